The molecule has 0 N–H and O–H groups in total. The summed E-state index contributed by atoms with van der Waals surface area (Å²) in [5.41, 5.74) is 0.103. The molecule has 0 unspecified atom stereocenters. The van der Waals surface area contributed by atoms with E-state index < -0.39 is 15.1 Å². The van der Waals surface area contributed by atoms with Crippen LogP contribution >= 0.6 is 21.8 Å². The van der Waals surface area contributed by atoms with Crippen LogP contribution in [0.4, 0.5) is 19.4 Å². The van der Waals surface area contributed by atoms with Gasteiger partial charge < -0.3 is 0 Å². The summed E-state index contributed by atoms with van der Waals surface area (Å²) in [7, 11) is -9.65. The molecule has 106 valence electrons. The quantitative estimate of drug-likeness (QED) is 0.633. The number of hydrogen-bond acceptors (Lipinski definition) is 3. The van der Waals surface area contributed by atoms with Crippen molar-refractivity contribution in [3.05, 3.63) is 30.1 Å². The highest BCUT2D eigenvalue weighted by atomic mass is 35.5. The normalized spacial score (nSPS) is 15.9. The van der Waals surface area contributed by atoms with Crippen LogP contribution in [0.5, 0.6) is 0 Å². The molecule has 0 aliphatic carbocycles. The Morgan fingerprint density at radius 1 is 1.05 bits per heavy atom. The minimum absolute atomic E-state index is 0.0731. The van der Waals surface area contributed by atoms with E-state index in [0.717, 1.165) is 16.8 Å². The second kappa shape index (κ2) is 3.57. The fourth-order valence-corrected chi connectivity index (χ4v) is 2.15. The van der Waals surface area contributed by atoms with Gasteiger partial charge in [0.05, 0.1) is 11.6 Å². The Hall–Kier alpha value is -1.42. The summed E-state index contributed by atoms with van der Waals surface area (Å²) in [5.74, 6) is 0.109. The maximum Gasteiger partial charge on any atom is 0.310 e. The molecule has 2 aromatic rings. The molecule has 1 aromatic heterocycles. The summed E-state index contributed by atoms with van der Waals surface area (Å²) in [6, 6.07) is 2.27. The van der Waals surface area contributed by atoms with Gasteiger partial charge in [-0.15, -0.1) is 16.7 Å². The van der Waals surface area contributed by atoms with Crippen LogP contribution in [0.15, 0.2) is 29.2 Å². The predicted molar refractivity (Wildman–Crippen MR) is 60.1 cm³/mol. The number of nitrogens with zero attached hydrogens (tertiary/aromatic N) is 4. The lowest BCUT2D eigenvalue weighted by Gasteiger charge is -2.40. The Bertz CT molecular complexity index is 608. The minimum atomic E-state index is -9.65. The number of hydrogen-bond donors (Lipinski definition) is 0. The molecule has 0 atom stereocenters. The fourth-order valence-electron chi connectivity index (χ4n) is 1.33. The van der Waals surface area contributed by atoms with Crippen LogP contribution in [0.2, 0.25) is 0 Å². The van der Waals surface area contributed by atoms with E-state index in [1.807, 2.05) is 0 Å². The number of rotatable bonds is 3. The van der Waals surface area contributed by atoms with E-state index in [1.54, 1.807) is 0 Å². The third kappa shape index (κ3) is 2.95. The maximum absolute atomic E-state index is 12.5. The topological polar surface area (TPSA) is 43.6 Å². The van der Waals surface area contributed by atoms with Gasteiger partial charge in [0.25, 0.3) is 0 Å². The summed E-state index contributed by atoms with van der Waals surface area (Å²) in [6.45, 7) is 0. The SMILES string of the molecule is FS(F)(F)(F)(F)c1ccc(-n2nnnc2CCl)cc1. The molecular weight excluding hydrogens is 315 g/mol. The monoisotopic (exact) mass is 320 g/mol. The highest BCUT2D eigenvalue weighted by Crippen LogP contribution is 3.02. The van der Waals surface area contributed by atoms with E-state index in [4.69, 9.17) is 11.6 Å². The van der Waals surface area contributed by atoms with E-state index in [1.165, 1.54) is 0 Å². The van der Waals surface area contributed by atoms with Gasteiger partial charge in [-0.05, 0) is 34.7 Å². The Labute approximate surface area is 108 Å². The first-order chi connectivity index (χ1) is 8.51. The summed E-state index contributed by atoms with van der Waals surface area (Å²) in [4.78, 5) is -1.97. The Morgan fingerprint density at radius 3 is 2.11 bits per heavy atom. The molecule has 0 amide bonds. The van der Waals surface area contributed by atoms with Gasteiger partial charge in [-0.1, -0.05) is 19.4 Å². The van der Waals surface area contributed by atoms with Gasteiger partial charge in [0.15, 0.2) is 5.82 Å². The average Bonchev–Trinajstić information content (AvgIpc) is 2.74. The summed E-state index contributed by atoms with van der Waals surface area (Å²) < 4.78 is 63.6. The molecule has 0 spiro atoms. The first-order valence-corrected chi connectivity index (χ1v) is 7.17. The van der Waals surface area contributed by atoms with E-state index in [-0.39, 0.29) is 29.5 Å². The van der Waals surface area contributed by atoms with Crippen molar-refractivity contribution in [3.8, 4) is 5.69 Å². The fraction of sp³-hybridized carbons (Fsp3) is 0.125. The molecule has 1 aromatic carbocycles. The second-order valence-electron chi connectivity index (χ2n) is 3.60. The van der Waals surface area contributed by atoms with Gasteiger partial charge in [-0.3, -0.25) is 0 Å². The van der Waals surface area contributed by atoms with Crippen LogP contribution in [0.1, 0.15) is 5.82 Å². The van der Waals surface area contributed by atoms with Gasteiger partial charge in [-0.2, -0.15) is 4.68 Å². The highest BCUT2D eigenvalue weighted by molar-refractivity contribution is 8.45. The number of alkyl halides is 1. The van der Waals surface area contributed by atoms with Crippen LogP contribution in [0.25, 0.3) is 5.69 Å². The Morgan fingerprint density at radius 2 is 1.63 bits per heavy atom. The van der Waals surface area contributed by atoms with Gasteiger partial charge >= 0.3 is 10.2 Å². The van der Waals surface area contributed by atoms with Gasteiger partial charge in [-0.25, -0.2) is 0 Å². The van der Waals surface area contributed by atoms with E-state index >= 15 is 0 Å². The number of benzene rings is 1. The van der Waals surface area contributed by atoms with Crippen molar-refractivity contribution in [2.75, 3.05) is 0 Å². The number of halogens is 6. The Kier molecular flexibility index (Phi) is 2.63. The molecule has 0 bridgehead atoms. The summed E-state index contributed by atoms with van der Waals surface area (Å²) >= 11 is 5.51. The van der Waals surface area contributed by atoms with Crippen molar-refractivity contribution in [3.63, 3.8) is 0 Å². The molecular formula is C8H6ClF5N4S. The first kappa shape index (κ1) is 14.0. The minimum Gasteiger partial charge on any atom is -0.196 e. The average molecular weight is 321 g/mol. The second-order valence-corrected chi connectivity index (χ2v) is 6.28. The molecule has 0 radical (unpaired) electrons. The third-order valence-corrected chi connectivity index (χ3v) is 3.58. The van der Waals surface area contributed by atoms with E-state index in [2.05, 4.69) is 15.5 Å². The molecule has 19 heavy (non-hydrogen) atoms. The lowest BCUT2D eigenvalue weighted by Crippen LogP contribution is -2.07. The van der Waals surface area contributed by atoms with Crippen molar-refractivity contribution in [2.45, 2.75) is 10.8 Å². The molecule has 0 fully saturated rings. The largest absolute Gasteiger partial charge is 0.310 e. The lowest BCUT2D eigenvalue weighted by molar-refractivity contribution is 0.364. The number of aromatic nitrogens is 4. The van der Waals surface area contributed by atoms with Crippen LogP contribution in [0, 0.1) is 0 Å². The standard InChI is InChI=1S/C8H6ClF5N4S/c9-5-8-15-16-17-18(8)6-1-3-7(4-2-6)19(10,11,12,13)14/h1-4H,5H2. The van der Waals surface area contributed by atoms with Crippen LogP contribution in [0.3, 0.4) is 0 Å². The first-order valence-electron chi connectivity index (χ1n) is 4.69. The lowest BCUT2D eigenvalue weighted by atomic mass is 10.3. The Balaban J connectivity index is 2.46. The molecule has 11 heteroatoms. The summed E-state index contributed by atoms with van der Waals surface area (Å²) in [6.07, 6.45) is 0. The molecule has 0 aliphatic rings. The summed E-state index contributed by atoms with van der Waals surface area (Å²) in [5, 5.41) is 10.3. The molecule has 0 saturated carbocycles. The maximum atomic E-state index is 12.5. The van der Waals surface area contributed by atoms with Crippen molar-refractivity contribution < 1.29 is 19.4 Å². The van der Waals surface area contributed by atoms with Crippen molar-refractivity contribution >= 4 is 21.8 Å². The zero-order valence-electron chi connectivity index (χ0n) is 8.98. The molecule has 4 nitrogen and oxygen atoms in total. The highest BCUT2D eigenvalue weighted by Gasteiger charge is 2.65. The van der Waals surface area contributed by atoms with Gasteiger partial charge in [0, 0.05) is 0 Å². The third-order valence-electron chi connectivity index (χ3n) is 2.18. The van der Waals surface area contributed by atoms with Crippen LogP contribution < -0.4 is 0 Å². The van der Waals surface area contributed by atoms with E-state index in [0.29, 0.717) is 0 Å². The predicted octanol–water partition coefficient (Wildman–Crippen LogP) is 4.06. The van der Waals surface area contributed by atoms with Crippen molar-refractivity contribution in [2.24, 2.45) is 0 Å². The number of tetrazole rings is 1. The van der Waals surface area contributed by atoms with Crippen LogP contribution in [-0.2, 0) is 5.88 Å². The van der Waals surface area contributed by atoms with E-state index in [9.17, 15) is 19.4 Å². The van der Waals surface area contributed by atoms with Crippen molar-refractivity contribution in [1.82, 2.24) is 20.2 Å². The molecule has 0 aliphatic heterocycles. The molecule has 1 heterocycles. The zero-order chi connectivity index (χ0) is 14.4. The van der Waals surface area contributed by atoms with Crippen LogP contribution in [-0.4, -0.2) is 20.2 Å². The molecule has 2 rings (SSSR count). The van der Waals surface area contributed by atoms with Gasteiger partial charge in [0.2, 0.25) is 0 Å². The zero-order valence-corrected chi connectivity index (χ0v) is 10.6. The smallest absolute Gasteiger partial charge is 0.196 e. The van der Waals surface area contributed by atoms with Gasteiger partial charge in [0.1, 0.15) is 4.90 Å². The van der Waals surface area contributed by atoms with Crippen molar-refractivity contribution in [1.29, 1.82) is 0 Å². The molecule has 0 saturated heterocycles.